The average molecular weight is 170 g/mol. The van der Waals surface area contributed by atoms with Crippen molar-refractivity contribution in [2.75, 3.05) is 13.7 Å². The Morgan fingerprint density at radius 2 is 2.25 bits per heavy atom. The van der Waals surface area contributed by atoms with Gasteiger partial charge >= 0.3 is 11.9 Å². The van der Waals surface area contributed by atoms with Gasteiger partial charge in [0.15, 0.2) is 0 Å². The minimum Gasteiger partial charge on any atom is -0.467 e. The van der Waals surface area contributed by atoms with Crippen molar-refractivity contribution in [2.24, 2.45) is 0 Å². The Kier molecular flexibility index (Phi) is 4.46. The van der Waals surface area contributed by atoms with E-state index in [1.54, 1.807) is 0 Å². The smallest absolute Gasteiger partial charge is 0.328 e. The van der Waals surface area contributed by atoms with Gasteiger partial charge in [0, 0.05) is 0 Å². The van der Waals surface area contributed by atoms with Crippen LogP contribution in [0.25, 0.3) is 4.85 Å². The highest BCUT2D eigenvalue weighted by Gasteiger charge is 2.16. The number of ether oxygens (including phenoxy) is 1. The van der Waals surface area contributed by atoms with E-state index in [1.807, 2.05) is 0 Å². The molecule has 0 rings (SSSR count). The van der Waals surface area contributed by atoms with Crippen molar-refractivity contribution in [3.8, 4) is 0 Å². The van der Waals surface area contributed by atoms with Gasteiger partial charge in [0.25, 0.3) is 6.54 Å². The van der Waals surface area contributed by atoms with E-state index in [0.717, 1.165) is 0 Å². The van der Waals surface area contributed by atoms with Crippen LogP contribution < -0.4 is 5.32 Å². The number of carbonyl (C=O) groups excluding carboxylic acids is 2. The molecule has 0 aromatic rings. The summed E-state index contributed by atoms with van der Waals surface area (Å²) in [6.07, 6.45) is 0. The number of rotatable bonds is 3. The number of amides is 1. The van der Waals surface area contributed by atoms with Gasteiger partial charge in [0.2, 0.25) is 0 Å². The van der Waals surface area contributed by atoms with Crippen molar-refractivity contribution in [1.82, 2.24) is 5.32 Å². The molecule has 0 radical (unpaired) electrons. The molecule has 66 valence electrons. The lowest BCUT2D eigenvalue weighted by molar-refractivity contribution is -0.144. The number of nitrogens with zero attached hydrogens (tertiary/aromatic N) is 1. The molecule has 0 aliphatic rings. The van der Waals surface area contributed by atoms with Crippen LogP contribution in [0.5, 0.6) is 0 Å². The Morgan fingerprint density at radius 3 is 2.67 bits per heavy atom. The summed E-state index contributed by atoms with van der Waals surface area (Å²) in [7, 11) is 1.24. The fourth-order valence-electron chi connectivity index (χ4n) is 0.595. The second-order valence-electron chi connectivity index (χ2n) is 2.13. The van der Waals surface area contributed by atoms with Crippen LogP contribution in [-0.2, 0) is 14.3 Å². The minimum atomic E-state index is -0.691. The first-order chi connectivity index (χ1) is 5.61. The Hall–Kier alpha value is -1.57. The maximum atomic E-state index is 10.7. The molecule has 0 aliphatic carbocycles. The Labute approximate surface area is 70.5 Å². The number of methoxy groups -OCH3 is 1. The lowest BCUT2D eigenvalue weighted by atomic mass is 10.3. The fraction of sp³-hybridized carbons (Fsp3) is 0.571. The molecule has 0 heterocycles. The first-order valence-corrected chi connectivity index (χ1v) is 3.32. The summed E-state index contributed by atoms with van der Waals surface area (Å²) in [6.45, 7) is 7.61. The van der Waals surface area contributed by atoms with Crippen LogP contribution in [0.2, 0.25) is 0 Å². The summed E-state index contributed by atoms with van der Waals surface area (Å²) in [4.78, 5) is 24.3. The molecule has 0 fully saturated rings. The number of nitrogens with one attached hydrogen (secondary N) is 1. The number of esters is 1. The topological polar surface area (TPSA) is 59.8 Å². The van der Waals surface area contributed by atoms with Crippen LogP contribution in [-0.4, -0.2) is 31.6 Å². The third-order valence-electron chi connectivity index (χ3n) is 1.15. The second-order valence-corrected chi connectivity index (χ2v) is 2.13. The van der Waals surface area contributed by atoms with E-state index in [0.29, 0.717) is 0 Å². The number of hydrogen-bond acceptors (Lipinski definition) is 3. The molecule has 0 aliphatic heterocycles. The van der Waals surface area contributed by atoms with Gasteiger partial charge < -0.3 is 14.9 Å². The van der Waals surface area contributed by atoms with Gasteiger partial charge in [-0.3, -0.25) is 4.79 Å². The number of carbonyl (C=O) groups is 2. The Balaban J connectivity index is 3.85. The van der Waals surface area contributed by atoms with E-state index in [1.165, 1.54) is 14.0 Å². The van der Waals surface area contributed by atoms with Gasteiger partial charge in [0.1, 0.15) is 6.04 Å². The highest BCUT2D eigenvalue weighted by molar-refractivity contribution is 5.85. The third kappa shape index (κ3) is 3.56. The zero-order valence-corrected chi connectivity index (χ0v) is 6.96. The van der Waals surface area contributed by atoms with E-state index >= 15 is 0 Å². The summed E-state index contributed by atoms with van der Waals surface area (Å²) in [5, 5.41) is 2.30. The van der Waals surface area contributed by atoms with Crippen molar-refractivity contribution in [1.29, 1.82) is 0 Å². The second kappa shape index (κ2) is 5.13. The highest BCUT2D eigenvalue weighted by atomic mass is 16.5. The van der Waals surface area contributed by atoms with Crippen molar-refractivity contribution < 1.29 is 14.3 Å². The normalized spacial score (nSPS) is 11.1. The largest absolute Gasteiger partial charge is 0.467 e. The van der Waals surface area contributed by atoms with Crippen molar-refractivity contribution in [2.45, 2.75) is 13.0 Å². The molecule has 0 aromatic heterocycles. The molecule has 5 nitrogen and oxygen atoms in total. The quantitative estimate of drug-likeness (QED) is 0.462. The molecule has 5 heteroatoms. The van der Waals surface area contributed by atoms with E-state index in [4.69, 9.17) is 6.57 Å². The van der Waals surface area contributed by atoms with Gasteiger partial charge in [-0.2, -0.15) is 0 Å². The zero-order valence-electron chi connectivity index (χ0n) is 6.96. The summed E-state index contributed by atoms with van der Waals surface area (Å²) >= 11 is 0. The molecule has 0 unspecified atom stereocenters. The van der Waals surface area contributed by atoms with Crippen molar-refractivity contribution in [3.63, 3.8) is 0 Å². The monoisotopic (exact) mass is 170 g/mol. The van der Waals surface area contributed by atoms with Gasteiger partial charge in [-0.15, -0.1) is 0 Å². The van der Waals surface area contributed by atoms with E-state index in [-0.39, 0.29) is 6.54 Å². The van der Waals surface area contributed by atoms with Crippen LogP contribution in [0.15, 0.2) is 0 Å². The van der Waals surface area contributed by atoms with Crippen LogP contribution >= 0.6 is 0 Å². The lowest BCUT2D eigenvalue weighted by Crippen LogP contribution is -2.40. The van der Waals surface area contributed by atoms with Gasteiger partial charge in [-0.25, -0.2) is 11.4 Å². The molecular weight excluding hydrogens is 160 g/mol. The standard InChI is InChI=1S/C7H10N2O3/c1-5(7(11)12-3)9-6(10)4-8-2/h5H,4H2,1,3H3,(H,9,10)/t5-/m0/s1. The first-order valence-electron chi connectivity index (χ1n) is 3.32. The maximum absolute atomic E-state index is 10.7. The first kappa shape index (κ1) is 10.4. The highest BCUT2D eigenvalue weighted by Crippen LogP contribution is 1.85. The maximum Gasteiger partial charge on any atom is 0.328 e. The predicted molar refractivity (Wildman–Crippen MR) is 41.1 cm³/mol. The SMILES string of the molecule is [C-]#[N+]CC(=O)N[C@@H](C)C(=O)OC. The molecule has 1 N–H and O–H groups in total. The van der Waals surface area contributed by atoms with E-state index in [9.17, 15) is 9.59 Å². The molecular formula is C7H10N2O3. The lowest BCUT2D eigenvalue weighted by Gasteiger charge is -2.08. The summed E-state index contributed by atoms with van der Waals surface area (Å²) in [5.74, 6) is -0.990. The molecule has 1 atom stereocenters. The Bertz CT molecular complexity index is 219. The van der Waals surface area contributed by atoms with Crippen LogP contribution in [0.1, 0.15) is 6.92 Å². The molecule has 0 spiro atoms. The van der Waals surface area contributed by atoms with E-state index < -0.39 is 17.9 Å². The Morgan fingerprint density at radius 1 is 1.67 bits per heavy atom. The van der Waals surface area contributed by atoms with Gasteiger partial charge in [0.05, 0.1) is 7.11 Å². The summed E-state index contributed by atoms with van der Waals surface area (Å²) < 4.78 is 4.36. The van der Waals surface area contributed by atoms with E-state index in [2.05, 4.69) is 14.9 Å². The fourth-order valence-corrected chi connectivity index (χ4v) is 0.595. The number of hydrogen-bond donors (Lipinski definition) is 1. The summed E-state index contributed by atoms with van der Waals surface area (Å²) in [5.41, 5.74) is 0. The van der Waals surface area contributed by atoms with Crippen LogP contribution in [0.3, 0.4) is 0 Å². The average Bonchev–Trinajstić information content (AvgIpc) is 2.03. The molecule has 0 saturated carbocycles. The van der Waals surface area contributed by atoms with Crippen LogP contribution in [0.4, 0.5) is 0 Å². The molecule has 12 heavy (non-hydrogen) atoms. The predicted octanol–water partition coefficient (Wildman–Crippen LogP) is -0.417. The molecule has 0 saturated heterocycles. The van der Waals surface area contributed by atoms with Gasteiger partial charge in [-0.1, -0.05) is 0 Å². The minimum absolute atomic E-state index is 0.263. The van der Waals surface area contributed by atoms with Crippen LogP contribution in [0, 0.1) is 6.57 Å². The zero-order chi connectivity index (χ0) is 9.56. The van der Waals surface area contributed by atoms with Crippen molar-refractivity contribution >= 4 is 11.9 Å². The van der Waals surface area contributed by atoms with Crippen molar-refractivity contribution in [3.05, 3.63) is 11.4 Å². The van der Waals surface area contributed by atoms with Gasteiger partial charge in [-0.05, 0) is 6.92 Å². The summed E-state index contributed by atoms with van der Waals surface area (Å²) in [6, 6.07) is -0.691. The molecule has 0 bridgehead atoms. The molecule has 1 amide bonds. The molecule has 0 aromatic carbocycles. The third-order valence-corrected chi connectivity index (χ3v) is 1.15.